The van der Waals surface area contributed by atoms with Gasteiger partial charge in [0.15, 0.2) is 0 Å². The van der Waals surface area contributed by atoms with E-state index in [1.807, 2.05) is 0 Å². The van der Waals surface area contributed by atoms with E-state index in [2.05, 4.69) is 0 Å². The zero-order valence-corrected chi connectivity index (χ0v) is 12.0. The highest BCUT2D eigenvalue weighted by Crippen LogP contribution is 2.33. The van der Waals surface area contributed by atoms with Crippen molar-refractivity contribution in [1.29, 1.82) is 0 Å². The molecule has 2 unspecified atom stereocenters. The van der Waals surface area contributed by atoms with Crippen molar-refractivity contribution in [1.82, 2.24) is 0 Å². The lowest BCUT2D eigenvalue weighted by molar-refractivity contribution is 0.107. The van der Waals surface area contributed by atoms with E-state index in [0.29, 0.717) is 16.7 Å². The second-order valence-electron chi connectivity index (χ2n) is 5.25. The van der Waals surface area contributed by atoms with Gasteiger partial charge in [-0.1, -0.05) is 12.2 Å². The summed E-state index contributed by atoms with van der Waals surface area (Å²) >= 11 is 0. The lowest BCUT2D eigenvalue weighted by Gasteiger charge is -2.26. The first-order chi connectivity index (χ1) is 10.5. The summed E-state index contributed by atoms with van der Waals surface area (Å²) in [7, 11) is 0. The van der Waals surface area contributed by atoms with Crippen molar-refractivity contribution in [3.05, 3.63) is 46.5 Å². The first-order valence-corrected chi connectivity index (χ1v) is 6.94. The highest BCUT2D eigenvalue weighted by atomic mass is 16.3. The number of rotatable bonds is 5. The maximum absolute atomic E-state index is 9.99. The van der Waals surface area contributed by atoms with Crippen LogP contribution in [0.4, 0.5) is 0 Å². The van der Waals surface area contributed by atoms with E-state index in [1.165, 1.54) is 0 Å². The number of hydrogen-bond acceptors (Lipinski definition) is 6. The molecule has 2 rings (SSSR count). The molecule has 22 heavy (non-hydrogen) atoms. The molecule has 2 atom stereocenters. The molecule has 0 fully saturated rings. The number of aliphatic hydroxyl groups excluding tert-OH is 5. The fourth-order valence-electron chi connectivity index (χ4n) is 2.57. The Morgan fingerprint density at radius 1 is 0.909 bits per heavy atom. The molecule has 6 nitrogen and oxygen atoms in total. The van der Waals surface area contributed by atoms with Gasteiger partial charge in [0.25, 0.3) is 0 Å². The second kappa shape index (κ2) is 7.04. The molecule has 6 heteroatoms. The quantitative estimate of drug-likeness (QED) is 0.443. The van der Waals surface area contributed by atoms with Crippen LogP contribution in [-0.2, 0) is 13.2 Å². The normalized spacial score (nSPS) is 21.5. The van der Waals surface area contributed by atoms with Gasteiger partial charge >= 0.3 is 0 Å². The molecule has 0 aromatic heterocycles. The molecule has 0 radical (unpaired) electrons. The van der Waals surface area contributed by atoms with E-state index in [9.17, 15) is 30.6 Å². The molecule has 1 aromatic carbocycles. The zero-order valence-electron chi connectivity index (χ0n) is 12.0. The van der Waals surface area contributed by atoms with Crippen molar-refractivity contribution in [2.75, 3.05) is 13.2 Å². The molecule has 0 heterocycles. The van der Waals surface area contributed by atoms with E-state index < -0.39 is 12.0 Å². The van der Waals surface area contributed by atoms with Gasteiger partial charge in [-0.15, -0.1) is 0 Å². The van der Waals surface area contributed by atoms with Crippen LogP contribution in [0.2, 0.25) is 0 Å². The van der Waals surface area contributed by atoms with Crippen molar-refractivity contribution in [2.45, 2.75) is 19.3 Å². The third-order valence-corrected chi connectivity index (χ3v) is 3.86. The van der Waals surface area contributed by atoms with Crippen molar-refractivity contribution in [3.8, 4) is 5.75 Å². The minimum absolute atomic E-state index is 0.157. The summed E-state index contributed by atoms with van der Waals surface area (Å²) in [6, 6.07) is 3.13. The van der Waals surface area contributed by atoms with Gasteiger partial charge in [-0.05, 0) is 28.8 Å². The van der Waals surface area contributed by atoms with E-state index in [0.717, 1.165) is 0 Å². The van der Waals surface area contributed by atoms with Crippen LogP contribution < -0.4 is 0 Å². The summed E-state index contributed by atoms with van der Waals surface area (Å²) in [6.45, 7) is -1.39. The Balaban J connectivity index is 2.52. The van der Waals surface area contributed by atoms with Crippen LogP contribution in [0.1, 0.15) is 16.7 Å². The predicted molar refractivity (Wildman–Crippen MR) is 79.7 cm³/mol. The van der Waals surface area contributed by atoms with E-state index >= 15 is 0 Å². The molecule has 1 aromatic rings. The van der Waals surface area contributed by atoms with Crippen molar-refractivity contribution in [2.24, 2.45) is 5.92 Å². The summed E-state index contributed by atoms with van der Waals surface area (Å²) in [5, 5.41) is 57.1. The smallest absolute Gasteiger partial charge is 0.126 e. The van der Waals surface area contributed by atoms with Gasteiger partial charge < -0.3 is 30.6 Å². The van der Waals surface area contributed by atoms with Crippen molar-refractivity contribution in [3.63, 3.8) is 0 Å². The molecule has 6 N–H and O–H groups in total. The van der Waals surface area contributed by atoms with Crippen molar-refractivity contribution >= 4 is 5.57 Å². The van der Waals surface area contributed by atoms with Crippen LogP contribution in [0.25, 0.3) is 5.57 Å². The van der Waals surface area contributed by atoms with Gasteiger partial charge in [-0.2, -0.15) is 0 Å². The van der Waals surface area contributed by atoms with E-state index in [1.54, 1.807) is 24.3 Å². The molecular weight excluding hydrogens is 288 g/mol. The SMILES string of the molecule is OCC1=CC(c2cc(CO)c(O)c(CO)c2)=CC(CO)C1O. The molecule has 0 aliphatic heterocycles. The Hall–Kier alpha value is -1.70. The minimum Gasteiger partial charge on any atom is -0.507 e. The Bertz CT molecular complexity index is 580. The number of benzene rings is 1. The van der Waals surface area contributed by atoms with Gasteiger partial charge in [-0.3, -0.25) is 0 Å². The fourth-order valence-corrected chi connectivity index (χ4v) is 2.57. The molecule has 0 saturated heterocycles. The number of hydrogen-bond donors (Lipinski definition) is 6. The minimum atomic E-state index is -0.953. The van der Waals surface area contributed by atoms with E-state index in [4.69, 9.17) is 0 Å². The summed E-state index contributed by atoms with van der Waals surface area (Å²) in [4.78, 5) is 0. The average Bonchev–Trinajstić information content (AvgIpc) is 2.55. The molecule has 1 aliphatic carbocycles. The average molecular weight is 308 g/mol. The topological polar surface area (TPSA) is 121 Å². The molecule has 1 aliphatic rings. The Labute approximate surface area is 127 Å². The zero-order chi connectivity index (χ0) is 16.3. The van der Waals surface area contributed by atoms with Crippen LogP contribution >= 0.6 is 0 Å². The molecule has 0 bridgehead atoms. The fraction of sp³-hybridized carbons (Fsp3) is 0.375. The molecule has 0 spiro atoms. The Morgan fingerprint density at radius 2 is 1.50 bits per heavy atom. The number of phenols is 1. The first kappa shape index (κ1) is 16.7. The Kier molecular flexibility index (Phi) is 5.33. The second-order valence-corrected chi connectivity index (χ2v) is 5.25. The molecule has 0 amide bonds. The summed E-state index contributed by atoms with van der Waals surface area (Å²) < 4.78 is 0. The van der Waals surface area contributed by atoms with Gasteiger partial charge in [-0.25, -0.2) is 0 Å². The lowest BCUT2D eigenvalue weighted by Crippen LogP contribution is -2.28. The molecule has 0 saturated carbocycles. The van der Waals surface area contributed by atoms with Crippen LogP contribution in [0.3, 0.4) is 0 Å². The standard InChI is InChI=1S/C16H20O6/c17-5-11-1-9(2-12(6-18)15(11)21)10-3-13(7-19)16(22)14(4-10)8-20/h1-4,11,15,17-22H,5-8H2. The third kappa shape index (κ3) is 3.06. The number of aliphatic hydroxyl groups is 5. The Morgan fingerprint density at radius 3 is 1.95 bits per heavy atom. The van der Waals surface area contributed by atoms with Gasteiger partial charge in [0.1, 0.15) is 5.75 Å². The summed E-state index contributed by atoms with van der Waals surface area (Å²) in [6.07, 6.45) is 2.31. The number of allylic oxidation sites excluding steroid dienone is 2. The first-order valence-electron chi connectivity index (χ1n) is 6.94. The summed E-state index contributed by atoms with van der Waals surface area (Å²) in [5.41, 5.74) is 2.17. The van der Waals surface area contributed by atoms with Crippen LogP contribution in [-0.4, -0.2) is 50.0 Å². The molecule has 120 valence electrons. The van der Waals surface area contributed by atoms with Crippen molar-refractivity contribution < 1.29 is 30.6 Å². The maximum atomic E-state index is 9.99. The van der Waals surface area contributed by atoms with Gasteiger partial charge in [0, 0.05) is 17.0 Å². The van der Waals surface area contributed by atoms with E-state index in [-0.39, 0.29) is 43.3 Å². The largest absolute Gasteiger partial charge is 0.507 e. The lowest BCUT2D eigenvalue weighted by atomic mass is 9.85. The van der Waals surface area contributed by atoms with Crippen LogP contribution in [0.5, 0.6) is 5.75 Å². The highest BCUT2D eigenvalue weighted by Gasteiger charge is 2.25. The highest BCUT2D eigenvalue weighted by molar-refractivity contribution is 5.78. The summed E-state index contributed by atoms with van der Waals surface area (Å²) in [5.74, 6) is -0.707. The van der Waals surface area contributed by atoms with Gasteiger partial charge in [0.2, 0.25) is 0 Å². The maximum Gasteiger partial charge on any atom is 0.126 e. The van der Waals surface area contributed by atoms with Gasteiger partial charge in [0.05, 0.1) is 32.5 Å². The van der Waals surface area contributed by atoms with Crippen LogP contribution in [0, 0.1) is 5.92 Å². The van der Waals surface area contributed by atoms with Crippen LogP contribution in [0.15, 0.2) is 29.9 Å². The predicted octanol–water partition coefficient (Wildman–Crippen LogP) is -0.338. The third-order valence-electron chi connectivity index (χ3n) is 3.86. The number of aromatic hydroxyl groups is 1. The molecular formula is C16H20O6. The monoisotopic (exact) mass is 308 g/mol.